The number of aliphatic carboxylic acids is 1. The number of aryl methyl sites for hydroxylation is 2. The molecule has 0 radical (unpaired) electrons. The Morgan fingerprint density at radius 2 is 1.95 bits per heavy atom. The molecule has 0 aromatic carbocycles. The van der Waals surface area contributed by atoms with Gasteiger partial charge in [-0.3, -0.25) is 4.79 Å². The third kappa shape index (κ3) is 2.92. The van der Waals surface area contributed by atoms with Crippen molar-refractivity contribution in [2.24, 2.45) is 0 Å². The van der Waals surface area contributed by atoms with E-state index in [4.69, 9.17) is 0 Å². The van der Waals surface area contributed by atoms with Crippen molar-refractivity contribution in [1.29, 1.82) is 0 Å². The van der Waals surface area contributed by atoms with Gasteiger partial charge in [-0.05, 0) is 38.2 Å². The highest BCUT2D eigenvalue weighted by Crippen LogP contribution is 2.28. The Labute approximate surface area is 119 Å². The first-order valence-corrected chi connectivity index (χ1v) is 7.99. The van der Waals surface area contributed by atoms with Gasteiger partial charge in [-0.2, -0.15) is 11.8 Å². The standard InChI is InChI=1S/C12H16N2O3S2/c1-7-9(19-8(2)13-7)10(15)14-12(11(16)17)3-5-18-6-4-12/h3-6H2,1-2H3,(H,14,15)(H,16,17). The monoisotopic (exact) mass is 300 g/mol. The van der Waals surface area contributed by atoms with Crippen LogP contribution in [0.2, 0.25) is 0 Å². The molecule has 7 heteroatoms. The van der Waals surface area contributed by atoms with Crippen LogP contribution in [-0.2, 0) is 4.79 Å². The molecule has 0 bridgehead atoms. The summed E-state index contributed by atoms with van der Waals surface area (Å²) < 4.78 is 0. The molecule has 1 aromatic heterocycles. The van der Waals surface area contributed by atoms with E-state index in [9.17, 15) is 14.7 Å². The number of carboxylic acid groups (broad SMARTS) is 1. The van der Waals surface area contributed by atoms with Gasteiger partial charge in [-0.1, -0.05) is 0 Å². The Bertz CT molecular complexity index is 507. The van der Waals surface area contributed by atoms with Crippen LogP contribution in [0.15, 0.2) is 0 Å². The SMILES string of the molecule is Cc1nc(C)c(C(=O)NC2(C(=O)O)CCSCC2)s1. The maximum Gasteiger partial charge on any atom is 0.329 e. The van der Waals surface area contributed by atoms with E-state index in [0.717, 1.165) is 16.5 Å². The zero-order valence-corrected chi connectivity index (χ0v) is 12.5. The number of carboxylic acids is 1. The van der Waals surface area contributed by atoms with E-state index in [1.165, 1.54) is 11.3 Å². The average molecular weight is 300 g/mol. The van der Waals surface area contributed by atoms with Gasteiger partial charge in [-0.15, -0.1) is 11.3 Å². The van der Waals surface area contributed by atoms with Crippen molar-refractivity contribution in [3.63, 3.8) is 0 Å². The maximum absolute atomic E-state index is 12.2. The number of hydrogen-bond acceptors (Lipinski definition) is 5. The molecule has 1 aliphatic heterocycles. The summed E-state index contributed by atoms with van der Waals surface area (Å²) in [5.74, 6) is 0.248. The Balaban J connectivity index is 2.20. The minimum Gasteiger partial charge on any atom is -0.480 e. The maximum atomic E-state index is 12.2. The van der Waals surface area contributed by atoms with E-state index in [2.05, 4.69) is 10.3 Å². The van der Waals surface area contributed by atoms with Crippen LogP contribution in [0.3, 0.4) is 0 Å². The number of amides is 1. The fourth-order valence-corrected chi connectivity index (χ4v) is 4.13. The van der Waals surface area contributed by atoms with Crippen LogP contribution in [0.5, 0.6) is 0 Å². The van der Waals surface area contributed by atoms with Gasteiger partial charge in [0.2, 0.25) is 0 Å². The molecular weight excluding hydrogens is 284 g/mol. The molecule has 1 saturated heterocycles. The molecule has 1 amide bonds. The lowest BCUT2D eigenvalue weighted by Gasteiger charge is -2.33. The number of carbonyl (C=O) groups is 2. The lowest BCUT2D eigenvalue weighted by Crippen LogP contribution is -2.56. The van der Waals surface area contributed by atoms with Crippen molar-refractivity contribution in [2.75, 3.05) is 11.5 Å². The summed E-state index contributed by atoms with van der Waals surface area (Å²) in [4.78, 5) is 28.5. The van der Waals surface area contributed by atoms with Crippen molar-refractivity contribution in [1.82, 2.24) is 10.3 Å². The van der Waals surface area contributed by atoms with Gasteiger partial charge in [-0.25, -0.2) is 9.78 Å². The lowest BCUT2D eigenvalue weighted by atomic mass is 9.92. The summed E-state index contributed by atoms with van der Waals surface area (Å²) in [6, 6.07) is 0. The average Bonchev–Trinajstić information content (AvgIpc) is 2.69. The fourth-order valence-electron chi connectivity index (χ4n) is 2.13. The van der Waals surface area contributed by atoms with E-state index in [1.54, 1.807) is 18.7 Å². The lowest BCUT2D eigenvalue weighted by molar-refractivity contribution is -0.144. The molecule has 104 valence electrons. The molecule has 2 heterocycles. The molecular formula is C12H16N2O3S2. The number of thioether (sulfide) groups is 1. The van der Waals surface area contributed by atoms with Crippen LogP contribution in [0.4, 0.5) is 0 Å². The van der Waals surface area contributed by atoms with Crippen LogP contribution >= 0.6 is 23.1 Å². The largest absolute Gasteiger partial charge is 0.480 e. The minimum atomic E-state index is -1.12. The molecule has 5 nitrogen and oxygen atoms in total. The number of nitrogens with zero attached hydrogens (tertiary/aromatic N) is 1. The number of nitrogens with one attached hydrogen (secondary N) is 1. The normalized spacial score (nSPS) is 18.0. The van der Waals surface area contributed by atoms with Crippen LogP contribution in [0.25, 0.3) is 0 Å². The molecule has 2 rings (SSSR count). The Hall–Kier alpha value is -1.08. The third-order valence-electron chi connectivity index (χ3n) is 3.22. The number of thiazole rings is 1. The number of carbonyl (C=O) groups excluding carboxylic acids is 1. The Morgan fingerprint density at radius 1 is 1.32 bits per heavy atom. The van der Waals surface area contributed by atoms with E-state index in [1.807, 2.05) is 6.92 Å². The molecule has 2 N–H and O–H groups in total. The molecule has 1 aromatic rings. The van der Waals surface area contributed by atoms with Crippen LogP contribution in [0, 0.1) is 13.8 Å². The Kier molecular flexibility index (Phi) is 4.15. The summed E-state index contributed by atoms with van der Waals surface area (Å²) >= 11 is 3.02. The topological polar surface area (TPSA) is 79.3 Å². The van der Waals surface area contributed by atoms with Crippen molar-refractivity contribution in [2.45, 2.75) is 32.2 Å². The van der Waals surface area contributed by atoms with Gasteiger partial charge >= 0.3 is 5.97 Å². The van der Waals surface area contributed by atoms with Crippen molar-refractivity contribution in [3.8, 4) is 0 Å². The predicted molar refractivity (Wildman–Crippen MR) is 76.0 cm³/mol. The first kappa shape index (κ1) is 14.3. The molecule has 0 unspecified atom stereocenters. The molecule has 0 aliphatic carbocycles. The molecule has 1 aliphatic rings. The fraction of sp³-hybridized carbons (Fsp3) is 0.583. The number of hydrogen-bond donors (Lipinski definition) is 2. The quantitative estimate of drug-likeness (QED) is 0.890. The zero-order chi connectivity index (χ0) is 14.0. The van der Waals surface area contributed by atoms with E-state index in [-0.39, 0.29) is 5.91 Å². The number of aromatic nitrogens is 1. The summed E-state index contributed by atoms with van der Waals surface area (Å²) in [6.45, 7) is 3.60. The van der Waals surface area contributed by atoms with Crippen molar-refractivity contribution >= 4 is 35.0 Å². The number of rotatable bonds is 3. The zero-order valence-electron chi connectivity index (χ0n) is 10.9. The highest BCUT2D eigenvalue weighted by atomic mass is 32.2. The van der Waals surface area contributed by atoms with Gasteiger partial charge < -0.3 is 10.4 Å². The summed E-state index contributed by atoms with van der Waals surface area (Å²) in [7, 11) is 0. The summed E-state index contributed by atoms with van der Waals surface area (Å²) in [5.41, 5.74) is -0.460. The summed E-state index contributed by atoms with van der Waals surface area (Å²) in [6.07, 6.45) is 0.936. The first-order valence-electron chi connectivity index (χ1n) is 6.02. The van der Waals surface area contributed by atoms with Crippen LogP contribution in [-0.4, -0.2) is 39.0 Å². The summed E-state index contributed by atoms with van der Waals surface area (Å²) in [5, 5.41) is 13.0. The van der Waals surface area contributed by atoms with Gasteiger partial charge in [0.1, 0.15) is 10.4 Å². The third-order valence-corrected chi connectivity index (χ3v) is 5.28. The molecule has 0 spiro atoms. The minimum absolute atomic E-state index is 0.322. The van der Waals surface area contributed by atoms with Crippen molar-refractivity contribution < 1.29 is 14.7 Å². The van der Waals surface area contributed by atoms with Crippen LogP contribution in [0.1, 0.15) is 33.2 Å². The van der Waals surface area contributed by atoms with Gasteiger partial charge in [0, 0.05) is 0 Å². The smallest absolute Gasteiger partial charge is 0.329 e. The highest BCUT2D eigenvalue weighted by Gasteiger charge is 2.41. The molecule has 0 atom stereocenters. The van der Waals surface area contributed by atoms with Gasteiger partial charge in [0.25, 0.3) is 5.91 Å². The second-order valence-electron chi connectivity index (χ2n) is 4.60. The second kappa shape index (κ2) is 5.50. The van der Waals surface area contributed by atoms with E-state index >= 15 is 0 Å². The van der Waals surface area contributed by atoms with E-state index in [0.29, 0.717) is 23.4 Å². The van der Waals surface area contributed by atoms with E-state index < -0.39 is 11.5 Å². The second-order valence-corrected chi connectivity index (χ2v) is 7.03. The van der Waals surface area contributed by atoms with Gasteiger partial charge in [0.05, 0.1) is 10.7 Å². The van der Waals surface area contributed by atoms with Gasteiger partial charge in [0.15, 0.2) is 0 Å². The highest BCUT2D eigenvalue weighted by molar-refractivity contribution is 7.99. The van der Waals surface area contributed by atoms with Crippen molar-refractivity contribution in [3.05, 3.63) is 15.6 Å². The molecule has 0 saturated carbocycles. The molecule has 19 heavy (non-hydrogen) atoms. The Morgan fingerprint density at radius 3 is 2.42 bits per heavy atom. The predicted octanol–water partition coefficient (Wildman–Crippen LogP) is 1.84. The van der Waals surface area contributed by atoms with Crippen LogP contribution < -0.4 is 5.32 Å². The first-order chi connectivity index (χ1) is 8.94. The molecule has 1 fully saturated rings.